The van der Waals surface area contributed by atoms with Crippen molar-refractivity contribution in [3.63, 3.8) is 0 Å². The minimum atomic E-state index is -0.496. The van der Waals surface area contributed by atoms with E-state index in [1.165, 1.54) is 18.2 Å². The molecule has 0 unspecified atom stereocenters. The highest BCUT2D eigenvalue weighted by atomic mass is 79.9. The molecular weight excluding hydrogens is 325 g/mol. The molecule has 4 nitrogen and oxygen atoms in total. The van der Waals surface area contributed by atoms with E-state index >= 15 is 0 Å². The molecule has 20 heavy (non-hydrogen) atoms. The van der Waals surface area contributed by atoms with Gasteiger partial charge in [0.1, 0.15) is 17.3 Å². The summed E-state index contributed by atoms with van der Waals surface area (Å²) in [6.07, 6.45) is 3.69. The Morgan fingerprint density at radius 1 is 1.35 bits per heavy atom. The van der Waals surface area contributed by atoms with Crippen LogP contribution in [0.5, 0.6) is 0 Å². The Bertz CT molecular complexity index is 673. The molecule has 1 amide bonds. The summed E-state index contributed by atoms with van der Waals surface area (Å²) >= 11 is 3.17. The predicted molar refractivity (Wildman–Crippen MR) is 76.1 cm³/mol. The molecule has 1 aromatic heterocycles. The Labute approximate surface area is 123 Å². The zero-order valence-electron chi connectivity index (χ0n) is 10.4. The van der Waals surface area contributed by atoms with Crippen LogP contribution in [-0.4, -0.2) is 15.9 Å². The van der Waals surface area contributed by atoms with Gasteiger partial charge in [-0.3, -0.25) is 4.79 Å². The van der Waals surface area contributed by atoms with E-state index < -0.39 is 11.7 Å². The number of benzene rings is 1. The maximum Gasteiger partial charge on any atom is 0.274 e. The smallest absolute Gasteiger partial charge is 0.274 e. The maximum absolute atomic E-state index is 13.7. The van der Waals surface area contributed by atoms with Crippen molar-refractivity contribution in [2.75, 3.05) is 5.32 Å². The predicted octanol–water partition coefficient (Wildman–Crippen LogP) is 3.51. The van der Waals surface area contributed by atoms with Gasteiger partial charge in [0.05, 0.1) is 5.69 Å². The minimum Gasteiger partial charge on any atom is -0.318 e. The third-order valence-electron chi connectivity index (χ3n) is 3.03. The molecule has 1 N–H and O–H groups in total. The van der Waals surface area contributed by atoms with Crippen LogP contribution in [0.4, 0.5) is 10.1 Å². The van der Waals surface area contributed by atoms with Crippen LogP contribution in [0.25, 0.3) is 0 Å². The minimum absolute atomic E-state index is 0.129. The number of anilines is 1. The van der Waals surface area contributed by atoms with E-state index in [2.05, 4.69) is 31.2 Å². The summed E-state index contributed by atoms with van der Waals surface area (Å²) in [5.41, 5.74) is 0.383. The van der Waals surface area contributed by atoms with Crippen molar-refractivity contribution in [1.29, 1.82) is 0 Å². The molecule has 0 aliphatic heterocycles. The van der Waals surface area contributed by atoms with Crippen LogP contribution in [0.1, 0.15) is 35.1 Å². The topological polar surface area (TPSA) is 54.9 Å². The van der Waals surface area contributed by atoms with Crippen molar-refractivity contribution < 1.29 is 9.18 Å². The van der Waals surface area contributed by atoms with Crippen LogP contribution >= 0.6 is 15.9 Å². The second kappa shape index (κ2) is 5.28. The fraction of sp³-hybridized carbons (Fsp3) is 0.214. The molecule has 2 aromatic rings. The van der Waals surface area contributed by atoms with Crippen molar-refractivity contribution in [3.05, 3.63) is 52.3 Å². The van der Waals surface area contributed by atoms with E-state index in [0.29, 0.717) is 16.2 Å². The van der Waals surface area contributed by atoms with E-state index in [-0.39, 0.29) is 11.4 Å². The van der Waals surface area contributed by atoms with Gasteiger partial charge < -0.3 is 5.32 Å². The molecule has 1 aliphatic carbocycles. The lowest BCUT2D eigenvalue weighted by atomic mass is 10.3. The van der Waals surface area contributed by atoms with Gasteiger partial charge in [-0.2, -0.15) is 0 Å². The van der Waals surface area contributed by atoms with Gasteiger partial charge in [0.2, 0.25) is 0 Å². The molecule has 3 rings (SSSR count). The number of carbonyl (C=O) groups is 1. The molecule has 0 atom stereocenters. The van der Waals surface area contributed by atoms with Gasteiger partial charge in [-0.15, -0.1) is 0 Å². The number of hydrogen-bond donors (Lipinski definition) is 1. The molecule has 0 radical (unpaired) electrons. The Balaban J connectivity index is 1.80. The highest BCUT2D eigenvalue weighted by molar-refractivity contribution is 9.10. The molecule has 1 aliphatic rings. The van der Waals surface area contributed by atoms with Gasteiger partial charge in [-0.25, -0.2) is 14.4 Å². The van der Waals surface area contributed by atoms with Crippen molar-refractivity contribution in [2.24, 2.45) is 0 Å². The van der Waals surface area contributed by atoms with E-state index in [1.54, 1.807) is 12.3 Å². The zero-order valence-corrected chi connectivity index (χ0v) is 12.0. The van der Waals surface area contributed by atoms with E-state index in [1.807, 2.05) is 0 Å². The summed E-state index contributed by atoms with van der Waals surface area (Å²) < 4.78 is 14.3. The molecule has 0 saturated heterocycles. The summed E-state index contributed by atoms with van der Waals surface area (Å²) in [7, 11) is 0. The third-order valence-corrected chi connectivity index (χ3v) is 3.52. The summed E-state index contributed by atoms with van der Waals surface area (Å²) in [6, 6.07) is 5.98. The molecule has 0 spiro atoms. The number of aromatic nitrogens is 2. The average Bonchev–Trinajstić information content (AvgIpc) is 3.26. The van der Waals surface area contributed by atoms with Gasteiger partial charge in [-0.1, -0.05) is 15.9 Å². The monoisotopic (exact) mass is 335 g/mol. The molecule has 1 fully saturated rings. The number of amides is 1. The van der Waals surface area contributed by atoms with E-state index in [9.17, 15) is 9.18 Å². The first-order valence-electron chi connectivity index (χ1n) is 6.23. The van der Waals surface area contributed by atoms with E-state index in [4.69, 9.17) is 0 Å². The largest absolute Gasteiger partial charge is 0.318 e. The number of nitrogens with one attached hydrogen (secondary N) is 1. The molecule has 1 saturated carbocycles. The summed E-state index contributed by atoms with van der Waals surface area (Å²) in [4.78, 5) is 20.4. The Hall–Kier alpha value is -1.82. The Morgan fingerprint density at radius 3 is 2.85 bits per heavy atom. The van der Waals surface area contributed by atoms with E-state index in [0.717, 1.165) is 12.8 Å². The Kier molecular flexibility index (Phi) is 3.48. The maximum atomic E-state index is 13.7. The SMILES string of the molecule is O=C(Nc1ccc(Br)cc1F)c1ccnc(C2CC2)n1. The highest BCUT2D eigenvalue weighted by Crippen LogP contribution is 2.37. The number of rotatable bonds is 3. The van der Waals surface area contributed by atoms with Crippen molar-refractivity contribution in [1.82, 2.24) is 9.97 Å². The lowest BCUT2D eigenvalue weighted by Crippen LogP contribution is -2.15. The van der Waals surface area contributed by atoms with Gasteiger partial charge in [0.15, 0.2) is 0 Å². The number of carbonyl (C=O) groups excluding carboxylic acids is 1. The van der Waals surface area contributed by atoms with Gasteiger partial charge >= 0.3 is 0 Å². The van der Waals surface area contributed by atoms with Crippen LogP contribution in [0.15, 0.2) is 34.9 Å². The summed E-state index contributed by atoms with van der Waals surface area (Å²) in [5, 5.41) is 2.52. The highest BCUT2D eigenvalue weighted by Gasteiger charge is 2.27. The fourth-order valence-electron chi connectivity index (χ4n) is 1.82. The number of nitrogens with zero attached hydrogens (tertiary/aromatic N) is 2. The van der Waals surface area contributed by atoms with Crippen LogP contribution in [-0.2, 0) is 0 Å². The molecule has 1 heterocycles. The molecule has 1 aromatic carbocycles. The molecular formula is C14H11BrFN3O. The lowest BCUT2D eigenvalue weighted by molar-refractivity contribution is 0.102. The van der Waals surface area contributed by atoms with Crippen molar-refractivity contribution in [3.8, 4) is 0 Å². The van der Waals surface area contributed by atoms with Crippen LogP contribution < -0.4 is 5.32 Å². The zero-order chi connectivity index (χ0) is 14.1. The quantitative estimate of drug-likeness (QED) is 0.933. The first-order valence-corrected chi connectivity index (χ1v) is 7.02. The van der Waals surface area contributed by atoms with Gasteiger partial charge in [0, 0.05) is 16.6 Å². The number of halogens is 2. The fourth-order valence-corrected chi connectivity index (χ4v) is 2.15. The van der Waals surface area contributed by atoms with Crippen LogP contribution in [0, 0.1) is 5.82 Å². The van der Waals surface area contributed by atoms with Crippen molar-refractivity contribution in [2.45, 2.75) is 18.8 Å². The van der Waals surface area contributed by atoms with Gasteiger partial charge in [0.25, 0.3) is 5.91 Å². The Morgan fingerprint density at radius 2 is 2.15 bits per heavy atom. The normalized spacial score (nSPS) is 14.1. The average molecular weight is 336 g/mol. The summed E-state index contributed by atoms with van der Waals surface area (Å²) in [6.45, 7) is 0. The van der Waals surface area contributed by atoms with Crippen LogP contribution in [0.3, 0.4) is 0 Å². The first-order chi connectivity index (χ1) is 9.63. The standard InChI is InChI=1S/C14H11BrFN3O/c15-9-3-4-11(10(16)7-9)19-14(20)12-5-6-17-13(18-12)8-1-2-8/h3-8H,1-2H2,(H,19,20). The second-order valence-corrected chi connectivity index (χ2v) is 5.57. The van der Waals surface area contributed by atoms with Crippen LogP contribution in [0.2, 0.25) is 0 Å². The molecule has 102 valence electrons. The number of hydrogen-bond acceptors (Lipinski definition) is 3. The van der Waals surface area contributed by atoms with Gasteiger partial charge in [-0.05, 0) is 37.1 Å². The van der Waals surface area contributed by atoms with Crippen molar-refractivity contribution >= 4 is 27.5 Å². The molecule has 6 heteroatoms. The lowest BCUT2D eigenvalue weighted by Gasteiger charge is -2.07. The third kappa shape index (κ3) is 2.85. The summed E-state index contributed by atoms with van der Waals surface area (Å²) in [5.74, 6) is 0.126. The first kappa shape index (κ1) is 13.2. The second-order valence-electron chi connectivity index (χ2n) is 4.65. The molecule has 0 bridgehead atoms.